The first-order valence-corrected chi connectivity index (χ1v) is 11.6. The molecule has 3 N–H and O–H groups in total. The standard InChI is InChI=1S/C20H23BrN6O4S/c1-11-6-26(7-14(10-28)31-11)9-18(29)24-13-3-16(12(2)22-4-13)25-19(30)15-5-23-27-8-17(21)32-20(15)27/h3-5,8,11,14,28H,6-7,9-10H2,1-2H3,(H,24,29)(H,25,30)/t11-,14-/m1/s1. The van der Waals surface area contributed by atoms with Gasteiger partial charge in [0.25, 0.3) is 5.91 Å². The van der Waals surface area contributed by atoms with E-state index in [-0.39, 0.29) is 37.2 Å². The number of aromatic nitrogens is 3. The van der Waals surface area contributed by atoms with Crippen LogP contribution < -0.4 is 10.6 Å². The van der Waals surface area contributed by atoms with E-state index in [2.05, 4.69) is 36.6 Å². The second-order valence-corrected chi connectivity index (χ2v) is 10.1. The summed E-state index contributed by atoms with van der Waals surface area (Å²) >= 11 is 4.81. The lowest BCUT2D eigenvalue weighted by molar-refractivity contribution is -0.124. The maximum absolute atomic E-state index is 12.8. The molecule has 4 rings (SSSR count). The van der Waals surface area contributed by atoms with Gasteiger partial charge in [-0.25, -0.2) is 4.52 Å². The number of morpholine rings is 1. The Hall–Kier alpha value is -2.38. The highest BCUT2D eigenvalue weighted by molar-refractivity contribution is 9.11. The second kappa shape index (κ2) is 9.63. The molecule has 0 aromatic carbocycles. The van der Waals surface area contributed by atoms with E-state index < -0.39 is 0 Å². The Balaban J connectivity index is 1.42. The third-order valence-electron chi connectivity index (χ3n) is 5.00. The van der Waals surface area contributed by atoms with Crippen molar-refractivity contribution in [2.24, 2.45) is 0 Å². The van der Waals surface area contributed by atoms with Gasteiger partial charge in [0.05, 0.1) is 70.4 Å². The Bertz CT molecular complexity index is 1150. The lowest BCUT2D eigenvalue weighted by atomic mass is 10.2. The highest BCUT2D eigenvalue weighted by Crippen LogP contribution is 2.27. The van der Waals surface area contributed by atoms with Crippen LogP contribution in [0.15, 0.2) is 28.4 Å². The normalized spacial score (nSPS) is 19.2. The number of carbonyl (C=O) groups excluding carboxylic acids is 2. The molecule has 1 saturated heterocycles. The van der Waals surface area contributed by atoms with E-state index in [1.807, 2.05) is 11.8 Å². The molecule has 12 heteroatoms. The second-order valence-electron chi connectivity index (χ2n) is 7.65. The van der Waals surface area contributed by atoms with E-state index in [1.54, 1.807) is 29.9 Å². The number of hydrogen-bond acceptors (Lipinski definition) is 8. The fourth-order valence-corrected chi connectivity index (χ4v) is 5.05. The number of thiazole rings is 1. The number of rotatable bonds is 6. The van der Waals surface area contributed by atoms with Crippen molar-refractivity contribution in [1.82, 2.24) is 19.5 Å². The first kappa shape index (κ1) is 22.8. The van der Waals surface area contributed by atoms with E-state index in [9.17, 15) is 14.7 Å². The molecule has 0 radical (unpaired) electrons. The summed E-state index contributed by atoms with van der Waals surface area (Å²) in [6.07, 6.45) is 4.50. The zero-order chi connectivity index (χ0) is 22.8. The largest absolute Gasteiger partial charge is 0.394 e. The number of ether oxygens (including phenoxy) is 1. The van der Waals surface area contributed by atoms with Gasteiger partial charge < -0.3 is 20.5 Å². The molecule has 2 amide bonds. The zero-order valence-corrected chi connectivity index (χ0v) is 19.9. The number of nitrogens with one attached hydrogen (secondary N) is 2. The van der Waals surface area contributed by atoms with Crippen LogP contribution in [0.3, 0.4) is 0 Å². The van der Waals surface area contributed by atoms with Gasteiger partial charge in [-0.15, -0.1) is 11.3 Å². The molecule has 1 aliphatic heterocycles. The third-order valence-corrected chi connectivity index (χ3v) is 6.60. The van der Waals surface area contributed by atoms with E-state index in [0.29, 0.717) is 35.7 Å². The molecule has 0 unspecified atom stereocenters. The van der Waals surface area contributed by atoms with Crippen molar-refractivity contribution in [2.45, 2.75) is 26.1 Å². The van der Waals surface area contributed by atoms with E-state index in [4.69, 9.17) is 4.74 Å². The van der Waals surface area contributed by atoms with Crippen molar-refractivity contribution in [1.29, 1.82) is 0 Å². The molecule has 3 aromatic rings. The Kier molecular flexibility index (Phi) is 6.86. The van der Waals surface area contributed by atoms with E-state index in [1.165, 1.54) is 17.5 Å². The summed E-state index contributed by atoms with van der Waals surface area (Å²) in [6, 6.07) is 1.68. The van der Waals surface area contributed by atoms with Crippen LogP contribution in [0.5, 0.6) is 0 Å². The molecular formula is C20H23BrN6O4S. The summed E-state index contributed by atoms with van der Waals surface area (Å²) in [7, 11) is 0. The van der Waals surface area contributed by atoms with E-state index in [0.717, 1.165) is 8.62 Å². The maximum atomic E-state index is 12.8. The third kappa shape index (κ3) is 5.15. The average molecular weight is 523 g/mol. The van der Waals surface area contributed by atoms with Crippen LogP contribution in [0.1, 0.15) is 23.0 Å². The number of aryl methyl sites for hydroxylation is 1. The minimum absolute atomic E-state index is 0.0594. The van der Waals surface area contributed by atoms with Crippen molar-refractivity contribution >= 4 is 55.3 Å². The zero-order valence-electron chi connectivity index (χ0n) is 17.5. The van der Waals surface area contributed by atoms with Crippen LogP contribution in [0.2, 0.25) is 0 Å². The van der Waals surface area contributed by atoms with E-state index >= 15 is 0 Å². The molecule has 0 aliphatic carbocycles. The van der Waals surface area contributed by atoms with Gasteiger partial charge in [-0.2, -0.15) is 5.10 Å². The van der Waals surface area contributed by atoms with Gasteiger partial charge in [-0.3, -0.25) is 19.5 Å². The molecule has 1 aliphatic rings. The van der Waals surface area contributed by atoms with Crippen LogP contribution in [0.4, 0.5) is 11.4 Å². The molecule has 0 bridgehead atoms. The molecule has 0 saturated carbocycles. The number of halogens is 1. The number of pyridine rings is 1. The smallest absolute Gasteiger partial charge is 0.260 e. The number of aliphatic hydroxyl groups is 1. The predicted octanol–water partition coefficient (Wildman–Crippen LogP) is 2.13. The Morgan fingerprint density at radius 1 is 1.34 bits per heavy atom. The van der Waals surface area contributed by atoms with Gasteiger partial charge in [0, 0.05) is 13.1 Å². The number of anilines is 2. The molecule has 3 aromatic heterocycles. The highest BCUT2D eigenvalue weighted by Gasteiger charge is 2.26. The Labute approximate surface area is 196 Å². The molecule has 10 nitrogen and oxygen atoms in total. The van der Waals surface area contributed by atoms with Gasteiger partial charge in [-0.05, 0) is 35.8 Å². The lowest BCUT2D eigenvalue weighted by Crippen LogP contribution is -2.50. The number of hydrogen-bond donors (Lipinski definition) is 3. The summed E-state index contributed by atoms with van der Waals surface area (Å²) in [5, 5.41) is 19.2. The summed E-state index contributed by atoms with van der Waals surface area (Å²) < 4.78 is 8.12. The molecule has 32 heavy (non-hydrogen) atoms. The molecule has 1 fully saturated rings. The van der Waals surface area contributed by atoms with Gasteiger partial charge in [0.2, 0.25) is 5.91 Å². The number of amides is 2. The van der Waals surface area contributed by atoms with Crippen LogP contribution in [0.25, 0.3) is 4.83 Å². The van der Waals surface area contributed by atoms with Crippen LogP contribution in [-0.4, -0.2) is 74.9 Å². The van der Waals surface area contributed by atoms with Gasteiger partial charge in [0.1, 0.15) is 4.83 Å². The maximum Gasteiger partial charge on any atom is 0.260 e. The average Bonchev–Trinajstić information content (AvgIpc) is 3.28. The highest BCUT2D eigenvalue weighted by atomic mass is 79.9. The first-order valence-electron chi connectivity index (χ1n) is 10.0. The predicted molar refractivity (Wildman–Crippen MR) is 124 cm³/mol. The molecule has 0 spiro atoms. The number of fused-ring (bicyclic) bond motifs is 1. The van der Waals surface area contributed by atoms with Crippen molar-refractivity contribution in [3.05, 3.63) is 39.7 Å². The first-order chi connectivity index (χ1) is 15.3. The Morgan fingerprint density at radius 2 is 2.16 bits per heavy atom. The molecule has 4 heterocycles. The fourth-order valence-electron chi connectivity index (χ4n) is 3.61. The lowest BCUT2D eigenvalue weighted by Gasteiger charge is -2.35. The number of aliphatic hydroxyl groups excluding tert-OH is 1. The van der Waals surface area contributed by atoms with Crippen molar-refractivity contribution < 1.29 is 19.4 Å². The van der Waals surface area contributed by atoms with Crippen molar-refractivity contribution in [2.75, 3.05) is 36.9 Å². The molecule has 170 valence electrons. The molecule has 2 atom stereocenters. The molecular weight excluding hydrogens is 500 g/mol. The van der Waals surface area contributed by atoms with Crippen molar-refractivity contribution in [3.8, 4) is 0 Å². The quantitative estimate of drug-likeness (QED) is 0.453. The number of nitrogens with zero attached hydrogens (tertiary/aromatic N) is 4. The monoisotopic (exact) mass is 522 g/mol. The van der Waals surface area contributed by atoms with Crippen LogP contribution in [-0.2, 0) is 9.53 Å². The van der Waals surface area contributed by atoms with Crippen LogP contribution >= 0.6 is 27.3 Å². The van der Waals surface area contributed by atoms with Gasteiger partial charge >= 0.3 is 0 Å². The summed E-state index contributed by atoms with van der Waals surface area (Å²) in [4.78, 5) is 32.3. The topological polar surface area (TPSA) is 121 Å². The summed E-state index contributed by atoms with van der Waals surface area (Å²) in [5.74, 6) is -0.513. The van der Waals surface area contributed by atoms with Gasteiger partial charge in [-0.1, -0.05) is 0 Å². The van der Waals surface area contributed by atoms with Crippen molar-refractivity contribution in [3.63, 3.8) is 0 Å². The fraction of sp³-hybridized carbons (Fsp3) is 0.400. The SMILES string of the molecule is Cc1ncc(NC(=O)CN2C[C@H](CO)O[C@H](C)C2)cc1NC(=O)c1cnn2cc(Br)sc12. The Morgan fingerprint density at radius 3 is 2.94 bits per heavy atom. The summed E-state index contributed by atoms with van der Waals surface area (Å²) in [6.45, 7) is 4.87. The van der Waals surface area contributed by atoms with Crippen LogP contribution in [0, 0.1) is 6.92 Å². The summed E-state index contributed by atoms with van der Waals surface area (Å²) in [5.41, 5.74) is 2.06. The minimum atomic E-state index is -0.305. The minimum Gasteiger partial charge on any atom is -0.394 e. The van der Waals surface area contributed by atoms with Gasteiger partial charge in [0.15, 0.2) is 0 Å². The number of carbonyl (C=O) groups is 2.